The van der Waals surface area contributed by atoms with Crippen molar-refractivity contribution in [2.45, 2.75) is 70.1 Å². The van der Waals surface area contributed by atoms with E-state index in [9.17, 15) is 18.0 Å². The van der Waals surface area contributed by atoms with Crippen molar-refractivity contribution < 1.29 is 22.3 Å². The Kier molecular flexibility index (Phi) is 7.75. The lowest BCUT2D eigenvalue weighted by Gasteiger charge is -2.46. The van der Waals surface area contributed by atoms with Crippen molar-refractivity contribution in [3.05, 3.63) is 40.1 Å². The summed E-state index contributed by atoms with van der Waals surface area (Å²) in [7, 11) is 2.00. The SMILES string of the molecule is C[C@H]1CCCN(Cc2cc(C(F)(F)F)c3cn(C4CC(F)CC([C@H](C5COC5)C5NNCN5C)C4)c(=O)n3c2)C1. The molecule has 4 fully saturated rings. The molecule has 1 saturated carbocycles. The van der Waals surface area contributed by atoms with Gasteiger partial charge in [-0.2, -0.15) is 13.2 Å². The summed E-state index contributed by atoms with van der Waals surface area (Å²) in [4.78, 5) is 18.0. The van der Waals surface area contributed by atoms with E-state index in [1.54, 1.807) is 6.20 Å². The number of imidazole rings is 1. The fourth-order valence-electron chi connectivity index (χ4n) is 7.58. The second-order valence-electron chi connectivity index (χ2n) is 12.6. The largest absolute Gasteiger partial charge is 0.418 e. The first kappa shape index (κ1) is 28.1. The van der Waals surface area contributed by atoms with Crippen LogP contribution in [0.3, 0.4) is 0 Å². The molecule has 40 heavy (non-hydrogen) atoms. The number of ether oxygens (including phenoxy) is 1. The molecule has 222 valence electrons. The number of hydrazine groups is 1. The predicted molar refractivity (Wildman–Crippen MR) is 142 cm³/mol. The molecule has 0 radical (unpaired) electrons. The van der Waals surface area contributed by atoms with E-state index in [1.165, 1.54) is 16.8 Å². The Labute approximate surface area is 231 Å². The van der Waals surface area contributed by atoms with E-state index in [0.717, 1.165) is 30.3 Å². The maximum atomic E-state index is 15.3. The van der Waals surface area contributed by atoms with Crippen molar-refractivity contribution in [3.63, 3.8) is 0 Å². The maximum Gasteiger partial charge on any atom is 0.418 e. The lowest BCUT2D eigenvalue weighted by Crippen LogP contribution is -2.53. The van der Waals surface area contributed by atoms with Gasteiger partial charge >= 0.3 is 11.9 Å². The molecule has 8 nitrogen and oxygen atoms in total. The van der Waals surface area contributed by atoms with Crippen LogP contribution in [0.5, 0.6) is 0 Å². The van der Waals surface area contributed by atoms with Crippen molar-refractivity contribution >= 4 is 5.52 Å². The van der Waals surface area contributed by atoms with Crippen LogP contribution in [0.15, 0.2) is 23.3 Å². The molecular formula is C28H40F4N6O2. The third-order valence-electron chi connectivity index (χ3n) is 9.53. The number of fused-ring (bicyclic) bond motifs is 1. The predicted octanol–water partition coefficient (Wildman–Crippen LogP) is 3.62. The summed E-state index contributed by atoms with van der Waals surface area (Å²) in [5.74, 6) is 0.794. The van der Waals surface area contributed by atoms with Crippen LogP contribution in [-0.4, -0.2) is 71.1 Å². The molecule has 12 heteroatoms. The highest BCUT2D eigenvalue weighted by Crippen LogP contribution is 2.44. The first-order valence-corrected chi connectivity index (χ1v) is 14.5. The van der Waals surface area contributed by atoms with Crippen LogP contribution in [0.1, 0.15) is 56.2 Å². The summed E-state index contributed by atoms with van der Waals surface area (Å²) in [5.41, 5.74) is 5.42. The fraction of sp³-hybridized carbons (Fsp3) is 0.750. The molecule has 4 unspecified atom stereocenters. The van der Waals surface area contributed by atoms with Gasteiger partial charge in [-0.1, -0.05) is 6.92 Å². The second-order valence-corrected chi connectivity index (χ2v) is 12.6. The summed E-state index contributed by atoms with van der Waals surface area (Å²) >= 11 is 0. The second kappa shape index (κ2) is 11.0. The van der Waals surface area contributed by atoms with E-state index < -0.39 is 29.6 Å². The van der Waals surface area contributed by atoms with Gasteiger partial charge in [0.15, 0.2) is 0 Å². The Morgan fingerprint density at radius 2 is 1.95 bits per heavy atom. The average molecular weight is 569 g/mol. The molecular weight excluding hydrogens is 528 g/mol. The number of likely N-dealkylation sites (tertiary alicyclic amines) is 1. The van der Waals surface area contributed by atoms with Gasteiger partial charge in [0.1, 0.15) is 6.17 Å². The number of rotatable bonds is 6. The minimum atomic E-state index is -4.62. The molecule has 2 aromatic rings. The molecule has 6 rings (SSSR count). The van der Waals surface area contributed by atoms with Crippen LogP contribution < -0.4 is 16.5 Å². The summed E-state index contributed by atoms with van der Waals surface area (Å²) in [6.07, 6.45) is 0.237. The van der Waals surface area contributed by atoms with Crippen LogP contribution in [0.4, 0.5) is 17.6 Å². The zero-order valence-electron chi connectivity index (χ0n) is 23.2. The summed E-state index contributed by atoms with van der Waals surface area (Å²) in [5, 5.41) is 0. The van der Waals surface area contributed by atoms with E-state index in [2.05, 4.69) is 27.6 Å². The number of piperidine rings is 1. The van der Waals surface area contributed by atoms with Crippen LogP contribution in [0.25, 0.3) is 5.52 Å². The van der Waals surface area contributed by atoms with Gasteiger partial charge in [-0.3, -0.25) is 18.8 Å². The molecule has 0 spiro atoms. The van der Waals surface area contributed by atoms with E-state index in [1.807, 2.05) is 7.05 Å². The first-order valence-electron chi connectivity index (χ1n) is 14.5. The van der Waals surface area contributed by atoms with Crippen molar-refractivity contribution in [2.75, 3.05) is 40.0 Å². The molecule has 2 aromatic heterocycles. The van der Waals surface area contributed by atoms with Gasteiger partial charge in [0, 0.05) is 37.4 Å². The molecule has 0 aromatic carbocycles. The van der Waals surface area contributed by atoms with Gasteiger partial charge in [-0.25, -0.2) is 20.0 Å². The minimum Gasteiger partial charge on any atom is -0.381 e. The monoisotopic (exact) mass is 568 g/mol. The summed E-state index contributed by atoms with van der Waals surface area (Å²) in [6.45, 7) is 6.04. The van der Waals surface area contributed by atoms with Crippen LogP contribution in [0.2, 0.25) is 0 Å². The highest BCUT2D eigenvalue weighted by molar-refractivity contribution is 5.56. The van der Waals surface area contributed by atoms with E-state index >= 15 is 4.39 Å². The van der Waals surface area contributed by atoms with Crippen LogP contribution in [-0.2, 0) is 17.5 Å². The Morgan fingerprint density at radius 1 is 1.15 bits per heavy atom. The van der Waals surface area contributed by atoms with Crippen molar-refractivity contribution in [1.82, 2.24) is 29.6 Å². The number of alkyl halides is 4. The lowest BCUT2D eigenvalue weighted by molar-refractivity contribution is -0.136. The topological polar surface area (TPSA) is 66.2 Å². The average Bonchev–Trinajstić information content (AvgIpc) is 3.42. The van der Waals surface area contributed by atoms with Gasteiger partial charge in [0.25, 0.3) is 0 Å². The molecule has 5 heterocycles. The van der Waals surface area contributed by atoms with E-state index in [-0.39, 0.29) is 35.9 Å². The molecule has 0 amide bonds. The number of aromatic nitrogens is 2. The molecule has 6 atom stereocenters. The van der Waals surface area contributed by atoms with Gasteiger partial charge in [0.2, 0.25) is 0 Å². The minimum absolute atomic E-state index is 0.00780. The Morgan fingerprint density at radius 3 is 2.60 bits per heavy atom. The van der Waals surface area contributed by atoms with Crippen molar-refractivity contribution in [1.29, 1.82) is 0 Å². The number of hydrogen-bond acceptors (Lipinski definition) is 6. The smallest absolute Gasteiger partial charge is 0.381 e. The Hall–Kier alpha value is -1.99. The molecule has 4 aliphatic rings. The van der Waals surface area contributed by atoms with Crippen molar-refractivity contribution in [2.24, 2.45) is 23.7 Å². The van der Waals surface area contributed by atoms with Gasteiger partial charge in [-0.05, 0) is 75.1 Å². The molecule has 0 bridgehead atoms. The number of pyridine rings is 1. The normalized spacial score (nSPS) is 32.0. The van der Waals surface area contributed by atoms with Crippen LogP contribution in [0, 0.1) is 23.7 Å². The van der Waals surface area contributed by atoms with Gasteiger partial charge in [0.05, 0.1) is 37.1 Å². The highest BCUT2D eigenvalue weighted by Gasteiger charge is 2.46. The van der Waals surface area contributed by atoms with Gasteiger partial charge < -0.3 is 4.74 Å². The highest BCUT2D eigenvalue weighted by atomic mass is 19.4. The quantitative estimate of drug-likeness (QED) is 0.520. The van der Waals surface area contributed by atoms with Crippen LogP contribution >= 0.6 is 0 Å². The molecule has 3 aliphatic heterocycles. The third-order valence-corrected chi connectivity index (χ3v) is 9.53. The third kappa shape index (κ3) is 5.45. The first-order chi connectivity index (χ1) is 19.1. The van der Waals surface area contributed by atoms with Crippen molar-refractivity contribution in [3.8, 4) is 0 Å². The number of nitrogens with zero attached hydrogens (tertiary/aromatic N) is 4. The van der Waals surface area contributed by atoms with E-state index in [0.29, 0.717) is 50.8 Å². The Balaban J connectivity index is 1.33. The fourth-order valence-corrected chi connectivity index (χ4v) is 7.58. The maximum absolute atomic E-state index is 15.3. The molecule has 2 N–H and O–H groups in total. The molecule has 3 saturated heterocycles. The Bertz CT molecular complexity index is 1260. The van der Waals surface area contributed by atoms with Gasteiger partial charge in [-0.15, -0.1) is 0 Å². The zero-order chi connectivity index (χ0) is 28.2. The standard InChI is InChI=1S/C28H40F4N6O2/c1-17-4-3-5-36(10-17)11-18-6-23(28(30,31)32)24-13-37(27(39)38(24)12-18)22-8-19(7-21(29)9-22)25(20-14-40-15-20)26-34-33-16-35(26)2/h6,12-13,17,19-22,25-26,33-34H,3-5,7-11,14-16H2,1-2H3/t17-,19?,21?,22?,25+,26?/m0/s1. The lowest BCUT2D eigenvalue weighted by atomic mass is 9.70. The summed E-state index contributed by atoms with van der Waals surface area (Å²) < 4.78 is 66.1. The summed E-state index contributed by atoms with van der Waals surface area (Å²) in [6, 6.07) is 0.665. The molecule has 1 aliphatic carbocycles. The number of nitrogens with one attached hydrogen (secondary N) is 2. The number of halogens is 4. The van der Waals surface area contributed by atoms with E-state index in [4.69, 9.17) is 4.74 Å². The number of hydrogen-bond donors (Lipinski definition) is 2. The zero-order valence-corrected chi connectivity index (χ0v) is 23.2.